The highest BCUT2D eigenvalue weighted by atomic mass is 19.4. The number of nitrogens with one attached hydrogen (secondary N) is 1. The summed E-state index contributed by atoms with van der Waals surface area (Å²) >= 11 is 0. The molecule has 4 nitrogen and oxygen atoms in total. The van der Waals surface area contributed by atoms with Crippen molar-refractivity contribution in [2.24, 2.45) is 5.92 Å². The van der Waals surface area contributed by atoms with Crippen molar-refractivity contribution in [3.05, 3.63) is 0 Å². The molecule has 7 heteroatoms. The molecule has 1 rings (SSSR count). The number of likely N-dealkylation sites (N-methyl/N-ethyl adjacent to an activating group) is 1. The Morgan fingerprint density at radius 3 is 2.35 bits per heavy atom. The van der Waals surface area contributed by atoms with Crippen LogP contribution in [0.2, 0.25) is 0 Å². The minimum atomic E-state index is -4.16. The van der Waals surface area contributed by atoms with E-state index in [0.29, 0.717) is 32.5 Å². The molecule has 1 N–H and O–H groups in total. The maximum atomic E-state index is 13.0. The first-order chi connectivity index (χ1) is 10.5. The van der Waals surface area contributed by atoms with E-state index in [1.165, 1.54) is 4.90 Å². The van der Waals surface area contributed by atoms with Crippen LogP contribution in [-0.4, -0.2) is 48.4 Å². The third-order valence-electron chi connectivity index (χ3n) is 4.01. The molecule has 0 spiro atoms. The number of nitrogens with zero attached hydrogens (tertiary/aromatic N) is 1. The van der Waals surface area contributed by atoms with Gasteiger partial charge in [0.25, 0.3) is 0 Å². The number of amides is 1. The van der Waals surface area contributed by atoms with Crippen molar-refractivity contribution in [1.82, 2.24) is 10.2 Å². The lowest BCUT2D eigenvalue weighted by Gasteiger charge is -2.34. The van der Waals surface area contributed by atoms with Crippen LogP contribution in [0.5, 0.6) is 0 Å². The Morgan fingerprint density at radius 2 is 1.83 bits per heavy atom. The normalized spacial score (nSPS) is 22.7. The van der Waals surface area contributed by atoms with E-state index in [-0.39, 0.29) is 6.42 Å². The first-order valence-corrected chi connectivity index (χ1v) is 8.32. The van der Waals surface area contributed by atoms with E-state index in [4.69, 9.17) is 4.74 Å². The van der Waals surface area contributed by atoms with E-state index in [1.54, 1.807) is 20.8 Å². The number of hydrogen-bond donors (Lipinski definition) is 1. The summed E-state index contributed by atoms with van der Waals surface area (Å²) in [5.41, 5.74) is -0.581. The van der Waals surface area contributed by atoms with E-state index in [9.17, 15) is 18.0 Å². The lowest BCUT2D eigenvalue weighted by Crippen LogP contribution is -2.48. The molecule has 0 aromatic heterocycles. The summed E-state index contributed by atoms with van der Waals surface area (Å²) in [5, 5.41) is 2.99. The zero-order valence-corrected chi connectivity index (χ0v) is 14.5. The zero-order chi connectivity index (χ0) is 17.7. The summed E-state index contributed by atoms with van der Waals surface area (Å²) in [5.74, 6) is -1.28. The summed E-state index contributed by atoms with van der Waals surface area (Å²) < 4.78 is 44.4. The van der Waals surface area contributed by atoms with Gasteiger partial charge in [-0.1, -0.05) is 12.8 Å². The Labute approximate surface area is 136 Å². The van der Waals surface area contributed by atoms with Gasteiger partial charge >= 0.3 is 12.3 Å². The number of halogens is 3. The van der Waals surface area contributed by atoms with Gasteiger partial charge in [0, 0.05) is 25.7 Å². The van der Waals surface area contributed by atoms with Crippen molar-refractivity contribution in [3.63, 3.8) is 0 Å². The molecule has 0 aliphatic heterocycles. The average Bonchev–Trinajstić information content (AvgIpc) is 2.41. The van der Waals surface area contributed by atoms with Crippen LogP contribution in [0, 0.1) is 5.92 Å². The van der Waals surface area contributed by atoms with Gasteiger partial charge in [0.05, 0.1) is 5.92 Å². The van der Waals surface area contributed by atoms with E-state index < -0.39 is 29.8 Å². The van der Waals surface area contributed by atoms with Gasteiger partial charge in [0.1, 0.15) is 5.60 Å². The van der Waals surface area contributed by atoms with Crippen molar-refractivity contribution in [1.29, 1.82) is 0 Å². The number of carbonyl (C=O) groups is 1. The van der Waals surface area contributed by atoms with Crippen LogP contribution in [0.25, 0.3) is 0 Å². The number of alkyl halides is 3. The van der Waals surface area contributed by atoms with E-state index >= 15 is 0 Å². The SMILES string of the molecule is CCN(CCNC1CCCCC1C(F)(F)F)C(=O)OC(C)(C)C. The highest BCUT2D eigenvalue weighted by Gasteiger charge is 2.45. The number of ether oxygens (including phenoxy) is 1. The second kappa shape index (κ2) is 8.22. The molecule has 1 saturated carbocycles. The highest BCUT2D eigenvalue weighted by Crippen LogP contribution is 2.37. The summed E-state index contributed by atoms with van der Waals surface area (Å²) in [6.45, 7) is 8.32. The largest absolute Gasteiger partial charge is 0.444 e. The highest BCUT2D eigenvalue weighted by molar-refractivity contribution is 5.68. The Bertz CT molecular complexity index is 381. The fraction of sp³-hybridized carbons (Fsp3) is 0.938. The molecule has 1 aliphatic rings. The summed E-state index contributed by atoms with van der Waals surface area (Å²) in [4.78, 5) is 13.5. The van der Waals surface area contributed by atoms with Crippen molar-refractivity contribution in [2.75, 3.05) is 19.6 Å². The maximum absolute atomic E-state index is 13.0. The van der Waals surface area contributed by atoms with Gasteiger partial charge in [-0.2, -0.15) is 13.2 Å². The molecule has 2 atom stereocenters. The third kappa shape index (κ3) is 6.97. The van der Waals surface area contributed by atoms with Gasteiger partial charge < -0.3 is 15.0 Å². The fourth-order valence-electron chi connectivity index (χ4n) is 2.86. The Morgan fingerprint density at radius 1 is 1.22 bits per heavy atom. The molecule has 1 fully saturated rings. The minimum Gasteiger partial charge on any atom is -0.444 e. The molecule has 1 amide bonds. The predicted octanol–water partition coefficient (Wildman–Crippen LogP) is 3.95. The van der Waals surface area contributed by atoms with Gasteiger partial charge in [0.2, 0.25) is 0 Å². The molecular formula is C16H29F3N2O2. The van der Waals surface area contributed by atoms with E-state index in [0.717, 1.165) is 6.42 Å². The molecule has 1 aliphatic carbocycles. The van der Waals surface area contributed by atoms with Crippen LogP contribution < -0.4 is 5.32 Å². The van der Waals surface area contributed by atoms with Crippen molar-refractivity contribution in [3.8, 4) is 0 Å². The van der Waals surface area contributed by atoms with Crippen LogP contribution in [0.15, 0.2) is 0 Å². The Kier molecular flexibility index (Phi) is 7.17. The zero-order valence-electron chi connectivity index (χ0n) is 14.5. The first-order valence-electron chi connectivity index (χ1n) is 8.32. The summed E-state index contributed by atoms with van der Waals surface area (Å²) in [6.07, 6.45) is -2.44. The van der Waals surface area contributed by atoms with Crippen LogP contribution in [0.4, 0.5) is 18.0 Å². The molecule has 0 aromatic carbocycles. The topological polar surface area (TPSA) is 41.6 Å². The van der Waals surface area contributed by atoms with Crippen LogP contribution in [-0.2, 0) is 4.74 Å². The van der Waals surface area contributed by atoms with Crippen LogP contribution in [0.3, 0.4) is 0 Å². The van der Waals surface area contributed by atoms with Crippen molar-refractivity contribution < 1.29 is 22.7 Å². The fourth-order valence-corrected chi connectivity index (χ4v) is 2.86. The van der Waals surface area contributed by atoms with Gasteiger partial charge in [-0.05, 0) is 40.5 Å². The second-order valence-corrected chi connectivity index (χ2v) is 7.05. The Hall–Kier alpha value is -0.980. The lowest BCUT2D eigenvalue weighted by atomic mass is 9.84. The second-order valence-electron chi connectivity index (χ2n) is 7.05. The molecule has 0 radical (unpaired) electrons. The third-order valence-corrected chi connectivity index (χ3v) is 4.01. The summed E-state index contributed by atoms with van der Waals surface area (Å²) in [7, 11) is 0. The van der Waals surface area contributed by atoms with Crippen molar-refractivity contribution >= 4 is 6.09 Å². The van der Waals surface area contributed by atoms with Gasteiger partial charge in [-0.3, -0.25) is 0 Å². The molecule has 0 heterocycles. The lowest BCUT2D eigenvalue weighted by molar-refractivity contribution is -0.188. The molecule has 0 aromatic rings. The number of rotatable bonds is 5. The smallest absolute Gasteiger partial charge is 0.410 e. The maximum Gasteiger partial charge on any atom is 0.410 e. The minimum absolute atomic E-state index is 0.185. The number of hydrogen-bond acceptors (Lipinski definition) is 3. The van der Waals surface area contributed by atoms with Gasteiger partial charge in [0.15, 0.2) is 0 Å². The molecular weight excluding hydrogens is 309 g/mol. The first kappa shape index (κ1) is 20.1. The molecule has 0 saturated heterocycles. The standard InChI is InChI=1S/C16H29F3N2O2/c1-5-21(14(22)23-15(2,3)4)11-10-20-13-9-7-6-8-12(13)16(17,18)19/h12-13,20H,5-11H2,1-4H3. The summed E-state index contributed by atoms with van der Waals surface area (Å²) in [6, 6.07) is -0.555. The Balaban J connectivity index is 2.48. The van der Waals surface area contributed by atoms with Gasteiger partial charge in [-0.25, -0.2) is 4.79 Å². The molecule has 0 bridgehead atoms. The molecule has 23 heavy (non-hydrogen) atoms. The van der Waals surface area contributed by atoms with Crippen LogP contribution >= 0.6 is 0 Å². The molecule has 136 valence electrons. The average molecular weight is 338 g/mol. The quantitative estimate of drug-likeness (QED) is 0.825. The van der Waals surface area contributed by atoms with Gasteiger partial charge in [-0.15, -0.1) is 0 Å². The number of carbonyl (C=O) groups excluding carboxylic acids is 1. The molecule has 2 unspecified atom stereocenters. The van der Waals surface area contributed by atoms with Crippen LogP contribution in [0.1, 0.15) is 53.4 Å². The van der Waals surface area contributed by atoms with E-state index in [1.807, 2.05) is 6.92 Å². The predicted molar refractivity (Wildman–Crippen MR) is 83.3 cm³/mol. The van der Waals surface area contributed by atoms with Crippen molar-refractivity contribution in [2.45, 2.75) is 71.2 Å². The monoisotopic (exact) mass is 338 g/mol. The van der Waals surface area contributed by atoms with E-state index in [2.05, 4.69) is 5.32 Å².